The first kappa shape index (κ1) is 23.9. The van der Waals surface area contributed by atoms with E-state index in [0.717, 1.165) is 0 Å². The highest BCUT2D eigenvalue weighted by molar-refractivity contribution is 6.22. The molecular formula is C21H33N3O6. The van der Waals surface area contributed by atoms with Crippen LogP contribution in [0.3, 0.4) is 0 Å². The molecule has 9 heteroatoms. The number of rotatable bonds is 8. The zero-order valence-electron chi connectivity index (χ0n) is 18.1. The Kier molecular flexibility index (Phi) is 8.40. The number of nitrogens with two attached hydrogens (primary N) is 1. The Morgan fingerprint density at radius 1 is 1.17 bits per heavy atom. The number of allylic oxidation sites excluding steroid dienone is 2. The quantitative estimate of drug-likeness (QED) is 0.342. The smallest absolute Gasteiger partial charge is 0.405 e. The van der Waals surface area contributed by atoms with Crippen molar-refractivity contribution in [3.05, 3.63) is 11.3 Å². The molecule has 30 heavy (non-hydrogen) atoms. The predicted octanol–water partition coefficient (Wildman–Crippen LogP) is 1.30. The molecule has 2 aliphatic rings. The Hall–Kier alpha value is -2.42. The van der Waals surface area contributed by atoms with Gasteiger partial charge in [0.15, 0.2) is 17.7 Å². The van der Waals surface area contributed by atoms with Gasteiger partial charge in [-0.2, -0.15) is 0 Å². The first-order valence-electron chi connectivity index (χ1n) is 10.4. The maximum Gasteiger partial charge on any atom is 0.405 e. The van der Waals surface area contributed by atoms with Gasteiger partial charge in [-0.25, -0.2) is 4.79 Å². The second-order valence-corrected chi connectivity index (χ2v) is 8.65. The normalized spacial score (nSPS) is 20.0. The molecule has 1 atom stereocenters. The maximum absolute atomic E-state index is 12.6. The van der Waals surface area contributed by atoms with Gasteiger partial charge in [0.05, 0.1) is 18.8 Å². The van der Waals surface area contributed by atoms with Gasteiger partial charge in [0.2, 0.25) is 0 Å². The number of carbonyl (C=O) groups excluding carboxylic acids is 4. The molecule has 1 saturated heterocycles. The summed E-state index contributed by atoms with van der Waals surface area (Å²) < 4.78 is 10.3. The van der Waals surface area contributed by atoms with Crippen molar-refractivity contribution in [1.82, 2.24) is 10.2 Å². The lowest BCUT2D eigenvalue weighted by atomic mass is 9.73. The summed E-state index contributed by atoms with van der Waals surface area (Å²) in [6, 6.07) is 0. The lowest BCUT2D eigenvalue weighted by molar-refractivity contribution is -0.144. The number of morpholine rings is 1. The molecule has 2 rings (SSSR count). The number of Topliss-reactive ketones (excluding diaryl/α,β-unsaturated/α-hetero) is 2. The fourth-order valence-corrected chi connectivity index (χ4v) is 3.86. The summed E-state index contributed by atoms with van der Waals surface area (Å²) in [5.74, 6) is -0.496. The minimum atomic E-state index is -0.974. The molecule has 0 spiro atoms. The van der Waals surface area contributed by atoms with E-state index in [4.69, 9.17) is 15.2 Å². The number of amides is 2. The van der Waals surface area contributed by atoms with Crippen molar-refractivity contribution in [3.63, 3.8) is 0 Å². The molecule has 0 aromatic carbocycles. The third-order valence-corrected chi connectivity index (χ3v) is 5.35. The third kappa shape index (κ3) is 6.83. The molecule has 0 radical (unpaired) electrons. The molecular weight excluding hydrogens is 390 g/mol. The third-order valence-electron chi connectivity index (χ3n) is 5.35. The van der Waals surface area contributed by atoms with Crippen molar-refractivity contribution < 1.29 is 28.7 Å². The average Bonchev–Trinajstić information content (AvgIpc) is 2.65. The number of unbranched alkanes of at least 4 members (excludes halogenated alkanes) is 1. The van der Waals surface area contributed by atoms with Crippen LogP contribution in [0.2, 0.25) is 0 Å². The van der Waals surface area contributed by atoms with Crippen LogP contribution in [0, 0.1) is 5.41 Å². The van der Waals surface area contributed by atoms with Gasteiger partial charge in [-0.1, -0.05) is 13.8 Å². The Bertz CT molecular complexity index is 688. The van der Waals surface area contributed by atoms with Crippen molar-refractivity contribution >= 4 is 23.6 Å². The zero-order valence-corrected chi connectivity index (χ0v) is 18.1. The van der Waals surface area contributed by atoms with E-state index < -0.39 is 12.2 Å². The SMILES string of the molecule is CC(NCCCCC(OC(N)=O)C(=O)N1CCOCC1)=C1C(=O)CC(C)(C)CC1=O. The van der Waals surface area contributed by atoms with Crippen molar-refractivity contribution in [1.29, 1.82) is 0 Å². The number of hydrogen-bond donors (Lipinski definition) is 2. The molecule has 168 valence electrons. The van der Waals surface area contributed by atoms with Gasteiger partial charge in [0.1, 0.15) is 0 Å². The first-order chi connectivity index (χ1) is 14.1. The standard InChI is InChI=1S/C21H33N3O6/c1-14(18-15(25)12-21(2,3)13-16(18)26)23-7-5-4-6-17(30-20(22)28)19(27)24-8-10-29-11-9-24/h17,23H,4-13H2,1-3H3,(H2,22,28). The van der Waals surface area contributed by atoms with Crippen molar-refractivity contribution in [2.24, 2.45) is 11.1 Å². The van der Waals surface area contributed by atoms with Gasteiger partial charge in [-0.3, -0.25) is 14.4 Å². The molecule has 0 aromatic rings. The van der Waals surface area contributed by atoms with Crippen LogP contribution in [0.1, 0.15) is 52.9 Å². The summed E-state index contributed by atoms with van der Waals surface area (Å²) in [5, 5.41) is 3.14. The summed E-state index contributed by atoms with van der Waals surface area (Å²) in [7, 11) is 0. The van der Waals surface area contributed by atoms with Crippen LogP contribution in [-0.4, -0.2) is 67.4 Å². The number of hydrogen-bond acceptors (Lipinski definition) is 7. The van der Waals surface area contributed by atoms with E-state index in [2.05, 4.69) is 5.32 Å². The van der Waals surface area contributed by atoms with Crippen LogP contribution in [0.15, 0.2) is 11.3 Å². The largest absolute Gasteiger partial charge is 0.436 e. The van der Waals surface area contributed by atoms with E-state index in [0.29, 0.717) is 70.6 Å². The van der Waals surface area contributed by atoms with Crippen LogP contribution in [0.5, 0.6) is 0 Å². The molecule has 1 saturated carbocycles. The lowest BCUT2D eigenvalue weighted by Gasteiger charge is -2.30. The average molecular weight is 424 g/mol. The second-order valence-electron chi connectivity index (χ2n) is 8.65. The monoisotopic (exact) mass is 423 g/mol. The van der Waals surface area contributed by atoms with Crippen molar-refractivity contribution in [3.8, 4) is 0 Å². The number of nitrogens with one attached hydrogen (secondary N) is 1. The highest BCUT2D eigenvalue weighted by Gasteiger charge is 2.36. The van der Waals surface area contributed by atoms with E-state index in [1.165, 1.54) is 0 Å². The fraction of sp³-hybridized carbons (Fsp3) is 0.714. The van der Waals surface area contributed by atoms with E-state index in [9.17, 15) is 19.2 Å². The van der Waals surface area contributed by atoms with Crippen LogP contribution >= 0.6 is 0 Å². The van der Waals surface area contributed by atoms with Crippen molar-refractivity contribution in [2.75, 3.05) is 32.8 Å². The summed E-state index contributed by atoms with van der Waals surface area (Å²) in [5.41, 5.74) is 5.69. The second kappa shape index (κ2) is 10.6. The van der Waals surface area contributed by atoms with Gasteiger partial charge in [0, 0.05) is 38.2 Å². The maximum atomic E-state index is 12.6. The molecule has 1 unspecified atom stereocenters. The molecule has 0 aromatic heterocycles. The summed E-state index contributed by atoms with van der Waals surface area (Å²) in [6.45, 7) is 7.97. The van der Waals surface area contributed by atoms with Gasteiger partial charge >= 0.3 is 6.09 Å². The summed E-state index contributed by atoms with van der Waals surface area (Å²) >= 11 is 0. The molecule has 1 heterocycles. The van der Waals surface area contributed by atoms with Crippen molar-refractivity contribution in [2.45, 2.75) is 59.0 Å². The molecule has 1 aliphatic heterocycles. The van der Waals surface area contributed by atoms with Gasteiger partial charge in [-0.05, 0) is 31.6 Å². The van der Waals surface area contributed by atoms with Gasteiger partial charge in [-0.15, -0.1) is 0 Å². The highest BCUT2D eigenvalue weighted by atomic mass is 16.6. The number of primary amides is 1. The minimum Gasteiger partial charge on any atom is -0.436 e. The molecule has 0 bridgehead atoms. The minimum absolute atomic E-state index is 0.118. The van der Waals surface area contributed by atoms with E-state index in [-0.39, 0.29) is 28.5 Å². The lowest BCUT2D eigenvalue weighted by Crippen LogP contribution is -2.47. The van der Waals surface area contributed by atoms with Gasteiger partial charge < -0.3 is 25.4 Å². The molecule has 1 aliphatic carbocycles. The van der Waals surface area contributed by atoms with Crippen LogP contribution < -0.4 is 11.1 Å². The number of ether oxygens (including phenoxy) is 2. The Morgan fingerprint density at radius 2 is 1.77 bits per heavy atom. The summed E-state index contributed by atoms with van der Waals surface area (Å²) in [6.07, 6.45) is 0.474. The van der Waals surface area contributed by atoms with Crippen LogP contribution in [-0.2, 0) is 23.9 Å². The Morgan fingerprint density at radius 3 is 2.33 bits per heavy atom. The Labute approximate surface area is 177 Å². The number of carbonyl (C=O) groups is 4. The first-order valence-corrected chi connectivity index (χ1v) is 10.4. The van der Waals surface area contributed by atoms with E-state index in [1.807, 2.05) is 13.8 Å². The zero-order chi connectivity index (χ0) is 22.3. The van der Waals surface area contributed by atoms with E-state index >= 15 is 0 Å². The number of ketones is 2. The Balaban J connectivity index is 1.83. The van der Waals surface area contributed by atoms with Crippen LogP contribution in [0.25, 0.3) is 0 Å². The topological polar surface area (TPSA) is 128 Å². The number of nitrogens with zero attached hydrogens (tertiary/aromatic N) is 1. The predicted molar refractivity (Wildman–Crippen MR) is 109 cm³/mol. The molecule has 2 fully saturated rings. The molecule has 3 N–H and O–H groups in total. The van der Waals surface area contributed by atoms with Crippen LogP contribution in [0.4, 0.5) is 4.79 Å². The fourth-order valence-electron chi connectivity index (χ4n) is 3.86. The highest BCUT2D eigenvalue weighted by Crippen LogP contribution is 2.34. The molecule has 2 amide bonds. The van der Waals surface area contributed by atoms with E-state index in [1.54, 1.807) is 11.8 Å². The summed E-state index contributed by atoms with van der Waals surface area (Å²) in [4.78, 5) is 50.0. The molecule has 9 nitrogen and oxygen atoms in total. The van der Waals surface area contributed by atoms with Gasteiger partial charge in [0.25, 0.3) is 5.91 Å².